The van der Waals surface area contributed by atoms with Crippen LogP contribution in [0.3, 0.4) is 0 Å². The molecule has 0 bridgehead atoms. The number of aryl methyl sites for hydroxylation is 1. The summed E-state index contributed by atoms with van der Waals surface area (Å²) < 4.78 is 5.15. The van der Waals surface area contributed by atoms with Gasteiger partial charge in [-0.15, -0.1) is 12.4 Å². The molecule has 0 radical (unpaired) electrons. The molecule has 3 N–H and O–H groups in total. The van der Waals surface area contributed by atoms with Gasteiger partial charge in [-0.05, 0) is 50.6 Å². The molecule has 8 heteroatoms. The van der Waals surface area contributed by atoms with E-state index in [2.05, 4.69) is 16.0 Å². The van der Waals surface area contributed by atoms with Crippen LogP contribution in [-0.2, 0) is 0 Å². The zero-order valence-electron chi connectivity index (χ0n) is 14.3. The summed E-state index contributed by atoms with van der Waals surface area (Å²) in [7, 11) is 0. The van der Waals surface area contributed by atoms with Gasteiger partial charge >= 0.3 is 0 Å². The molecule has 2 heterocycles. The fourth-order valence-corrected chi connectivity index (χ4v) is 3.04. The van der Waals surface area contributed by atoms with Crippen LogP contribution in [0, 0.1) is 6.92 Å². The van der Waals surface area contributed by atoms with E-state index in [9.17, 15) is 9.59 Å². The second kappa shape index (κ2) is 9.07. The van der Waals surface area contributed by atoms with Crippen molar-refractivity contribution in [3.8, 4) is 0 Å². The fourth-order valence-electron chi connectivity index (χ4n) is 2.87. The van der Waals surface area contributed by atoms with E-state index in [1.165, 1.54) is 6.26 Å². The van der Waals surface area contributed by atoms with Crippen LogP contribution in [0.25, 0.3) is 0 Å². The molecule has 3 rings (SSSR count). The first kappa shape index (κ1) is 20.3. The van der Waals surface area contributed by atoms with Gasteiger partial charge in [0.25, 0.3) is 11.8 Å². The predicted molar refractivity (Wildman–Crippen MR) is 103 cm³/mol. The first-order valence-electron chi connectivity index (χ1n) is 8.21. The number of carbonyl (C=O) groups is 2. The van der Waals surface area contributed by atoms with Crippen LogP contribution in [0.1, 0.15) is 39.3 Å². The van der Waals surface area contributed by atoms with Gasteiger partial charge in [0.2, 0.25) is 0 Å². The minimum absolute atomic E-state index is 0. The Labute approximate surface area is 163 Å². The van der Waals surface area contributed by atoms with E-state index < -0.39 is 0 Å². The van der Waals surface area contributed by atoms with Crippen LogP contribution >= 0.6 is 24.0 Å². The van der Waals surface area contributed by atoms with Crippen molar-refractivity contribution in [1.82, 2.24) is 10.6 Å². The standard InChI is InChI=1S/C18H20ClN3O3.ClH/c1-11-14(6-8-25-11)18(24)22-16-9-12(19)4-5-15(16)17(23)21-10-13-3-2-7-20-13;/h4-6,8-9,13,20H,2-3,7,10H2,1H3,(H,21,23)(H,22,24);1H. The van der Waals surface area contributed by atoms with Crippen LogP contribution < -0.4 is 16.0 Å². The normalized spacial score (nSPS) is 16.0. The Hall–Kier alpha value is -2.02. The summed E-state index contributed by atoms with van der Waals surface area (Å²) in [6.07, 6.45) is 3.61. The number of halogens is 2. The Balaban J connectivity index is 0.00000243. The van der Waals surface area contributed by atoms with Crippen LogP contribution in [-0.4, -0.2) is 30.9 Å². The average molecular weight is 398 g/mol. The topological polar surface area (TPSA) is 83.4 Å². The number of carbonyl (C=O) groups excluding carboxylic acids is 2. The highest BCUT2D eigenvalue weighted by Gasteiger charge is 2.19. The Bertz CT molecular complexity index is 786. The molecule has 1 aliphatic rings. The number of rotatable bonds is 5. The van der Waals surface area contributed by atoms with E-state index in [4.69, 9.17) is 16.0 Å². The number of amides is 2. The molecule has 26 heavy (non-hydrogen) atoms. The zero-order valence-corrected chi connectivity index (χ0v) is 15.9. The largest absolute Gasteiger partial charge is 0.469 e. The monoisotopic (exact) mass is 397 g/mol. The van der Waals surface area contributed by atoms with Crippen molar-refractivity contribution in [1.29, 1.82) is 0 Å². The molecule has 1 saturated heterocycles. The van der Waals surface area contributed by atoms with Crippen molar-refractivity contribution < 1.29 is 14.0 Å². The average Bonchev–Trinajstić information content (AvgIpc) is 3.24. The summed E-state index contributed by atoms with van der Waals surface area (Å²) >= 11 is 6.03. The number of furan rings is 1. The highest BCUT2D eigenvalue weighted by molar-refractivity contribution is 6.31. The molecule has 2 aromatic rings. The minimum Gasteiger partial charge on any atom is -0.469 e. The van der Waals surface area contributed by atoms with Crippen LogP contribution in [0.2, 0.25) is 5.02 Å². The molecular formula is C18H21Cl2N3O3. The molecule has 1 unspecified atom stereocenters. The van der Waals surface area contributed by atoms with Gasteiger partial charge in [-0.3, -0.25) is 9.59 Å². The smallest absolute Gasteiger partial charge is 0.259 e. The summed E-state index contributed by atoms with van der Waals surface area (Å²) in [4.78, 5) is 24.9. The number of nitrogens with one attached hydrogen (secondary N) is 3. The van der Waals surface area contributed by atoms with Crippen molar-refractivity contribution in [3.63, 3.8) is 0 Å². The van der Waals surface area contributed by atoms with E-state index in [0.717, 1.165) is 19.4 Å². The highest BCUT2D eigenvalue weighted by Crippen LogP contribution is 2.23. The number of hydrogen-bond acceptors (Lipinski definition) is 4. The maximum atomic E-state index is 12.5. The summed E-state index contributed by atoms with van der Waals surface area (Å²) in [6, 6.07) is 6.68. The maximum absolute atomic E-state index is 12.5. The maximum Gasteiger partial charge on any atom is 0.259 e. The van der Waals surface area contributed by atoms with Crippen molar-refractivity contribution >= 4 is 41.5 Å². The lowest BCUT2D eigenvalue weighted by molar-refractivity contribution is 0.0951. The van der Waals surface area contributed by atoms with Crippen LogP contribution in [0.4, 0.5) is 5.69 Å². The van der Waals surface area contributed by atoms with Gasteiger partial charge in [-0.25, -0.2) is 0 Å². The van der Waals surface area contributed by atoms with E-state index in [0.29, 0.717) is 40.2 Å². The Morgan fingerprint density at radius 3 is 2.73 bits per heavy atom. The van der Waals surface area contributed by atoms with Crippen molar-refractivity contribution in [2.24, 2.45) is 0 Å². The first-order valence-corrected chi connectivity index (χ1v) is 8.59. The molecule has 0 aliphatic carbocycles. The number of benzene rings is 1. The predicted octanol–water partition coefficient (Wildman–Crippen LogP) is 3.40. The Morgan fingerprint density at radius 1 is 1.27 bits per heavy atom. The third-order valence-electron chi connectivity index (χ3n) is 4.25. The lowest BCUT2D eigenvalue weighted by atomic mass is 10.1. The SMILES string of the molecule is Cc1occc1C(=O)Nc1cc(Cl)ccc1C(=O)NCC1CCCN1.Cl. The van der Waals surface area contributed by atoms with Crippen molar-refractivity contribution in [2.45, 2.75) is 25.8 Å². The van der Waals surface area contributed by atoms with Gasteiger partial charge in [-0.1, -0.05) is 11.6 Å². The molecule has 1 aromatic heterocycles. The summed E-state index contributed by atoms with van der Waals surface area (Å²) in [5, 5.41) is 9.42. The lowest BCUT2D eigenvalue weighted by Crippen LogP contribution is -2.37. The van der Waals surface area contributed by atoms with E-state index in [1.54, 1.807) is 31.2 Å². The molecule has 1 aromatic carbocycles. The molecular weight excluding hydrogens is 377 g/mol. The second-order valence-electron chi connectivity index (χ2n) is 6.04. The van der Waals surface area contributed by atoms with Gasteiger partial charge in [0.15, 0.2) is 0 Å². The summed E-state index contributed by atoms with van der Waals surface area (Å²) in [5.74, 6) is -0.0811. The van der Waals surface area contributed by atoms with Crippen LogP contribution in [0.5, 0.6) is 0 Å². The summed E-state index contributed by atoms with van der Waals surface area (Å²) in [6.45, 7) is 3.23. The first-order chi connectivity index (χ1) is 12.0. The highest BCUT2D eigenvalue weighted by atomic mass is 35.5. The van der Waals surface area contributed by atoms with E-state index in [-0.39, 0.29) is 24.2 Å². The third kappa shape index (κ3) is 4.78. The van der Waals surface area contributed by atoms with Gasteiger partial charge in [-0.2, -0.15) is 0 Å². The second-order valence-corrected chi connectivity index (χ2v) is 6.47. The number of anilines is 1. The lowest BCUT2D eigenvalue weighted by Gasteiger charge is -2.14. The van der Waals surface area contributed by atoms with Gasteiger partial charge in [0, 0.05) is 17.6 Å². The van der Waals surface area contributed by atoms with Crippen molar-refractivity contribution in [2.75, 3.05) is 18.4 Å². The molecule has 140 valence electrons. The molecule has 2 amide bonds. The fraction of sp³-hybridized carbons (Fsp3) is 0.333. The molecule has 0 spiro atoms. The molecule has 6 nitrogen and oxygen atoms in total. The van der Waals surface area contributed by atoms with Crippen LogP contribution in [0.15, 0.2) is 34.9 Å². The van der Waals surface area contributed by atoms with Gasteiger partial charge in [0.1, 0.15) is 5.76 Å². The van der Waals surface area contributed by atoms with Gasteiger partial charge in [0.05, 0.1) is 23.1 Å². The number of hydrogen-bond donors (Lipinski definition) is 3. The minimum atomic E-state index is -0.347. The van der Waals surface area contributed by atoms with E-state index >= 15 is 0 Å². The van der Waals surface area contributed by atoms with E-state index in [1.807, 2.05) is 0 Å². The Kier molecular flexibility index (Phi) is 7.08. The molecule has 1 fully saturated rings. The molecule has 1 aliphatic heterocycles. The van der Waals surface area contributed by atoms with Crippen molar-refractivity contribution in [3.05, 3.63) is 52.4 Å². The quantitative estimate of drug-likeness (QED) is 0.721. The zero-order chi connectivity index (χ0) is 17.8. The molecule has 0 saturated carbocycles. The summed E-state index contributed by atoms with van der Waals surface area (Å²) in [5.41, 5.74) is 1.16. The van der Waals surface area contributed by atoms with Gasteiger partial charge < -0.3 is 20.4 Å². The Morgan fingerprint density at radius 2 is 2.08 bits per heavy atom. The third-order valence-corrected chi connectivity index (χ3v) is 4.48. The molecule has 1 atom stereocenters.